The zero-order chi connectivity index (χ0) is 25.3. The molecule has 0 spiro atoms. The number of rotatable bonds is 12. The molecule has 0 bridgehead atoms. The molecule has 7 heteroatoms. The van der Waals surface area contributed by atoms with E-state index in [1.807, 2.05) is 19.9 Å². The molecule has 0 fully saturated rings. The van der Waals surface area contributed by atoms with E-state index in [0.29, 0.717) is 24.2 Å². The number of aromatic hydroxyl groups is 1. The van der Waals surface area contributed by atoms with Gasteiger partial charge in [-0.25, -0.2) is 4.79 Å². The minimum Gasteiger partial charge on any atom is -0.507 e. The summed E-state index contributed by atoms with van der Waals surface area (Å²) in [4.78, 5) is 38.9. The summed E-state index contributed by atoms with van der Waals surface area (Å²) in [5, 5.41) is 10.5. The van der Waals surface area contributed by atoms with Crippen molar-refractivity contribution in [1.29, 1.82) is 0 Å². The first kappa shape index (κ1) is 27.3. The fourth-order valence-corrected chi connectivity index (χ4v) is 4.68. The minimum absolute atomic E-state index is 0.155. The maximum Gasteiger partial charge on any atom is 0.351 e. The second-order valence-electron chi connectivity index (χ2n) is 8.45. The van der Waals surface area contributed by atoms with Gasteiger partial charge in [-0.15, -0.1) is 11.3 Å². The van der Waals surface area contributed by atoms with E-state index in [4.69, 9.17) is 4.42 Å². The summed E-state index contributed by atoms with van der Waals surface area (Å²) >= 11 is 1.65. The van der Waals surface area contributed by atoms with Crippen LogP contribution < -0.4 is 5.63 Å². The van der Waals surface area contributed by atoms with Gasteiger partial charge in [0, 0.05) is 21.7 Å². The molecular formula is C27H34O6S. The number of thiophene rings is 1. The van der Waals surface area contributed by atoms with E-state index in [2.05, 4.69) is 17.7 Å². The predicted molar refractivity (Wildman–Crippen MR) is 136 cm³/mol. The first-order chi connectivity index (χ1) is 16.2. The number of hydrogen-bond acceptors (Lipinski definition) is 7. The largest absolute Gasteiger partial charge is 0.507 e. The van der Waals surface area contributed by atoms with Crippen molar-refractivity contribution in [2.45, 2.75) is 72.1 Å². The van der Waals surface area contributed by atoms with Crippen molar-refractivity contribution in [1.82, 2.24) is 0 Å². The lowest BCUT2D eigenvalue weighted by Gasteiger charge is -2.11. The van der Waals surface area contributed by atoms with Crippen LogP contribution in [0, 0.1) is 6.92 Å². The maximum atomic E-state index is 13.0. The van der Waals surface area contributed by atoms with Crippen LogP contribution in [0.15, 0.2) is 39.1 Å². The lowest BCUT2D eigenvalue weighted by Crippen LogP contribution is -2.16. The number of hydrogen-bond donors (Lipinski definition) is 1. The summed E-state index contributed by atoms with van der Waals surface area (Å²) in [5.41, 5.74) is 0.269. The van der Waals surface area contributed by atoms with Crippen LogP contribution in [0.5, 0.6) is 5.75 Å². The number of carbonyl (C=O) groups is 2. The first-order valence-corrected chi connectivity index (χ1v) is 12.4. The van der Waals surface area contributed by atoms with E-state index in [1.54, 1.807) is 30.4 Å². The average molecular weight is 487 g/mol. The summed E-state index contributed by atoms with van der Waals surface area (Å²) < 4.78 is 9.97. The molecule has 0 saturated heterocycles. The number of unbranched alkanes of at least 4 members (excludes halogenated alkanes) is 1. The van der Waals surface area contributed by atoms with Crippen molar-refractivity contribution < 1.29 is 23.8 Å². The molecule has 0 radical (unpaired) electrons. The van der Waals surface area contributed by atoms with Crippen molar-refractivity contribution >= 4 is 29.2 Å². The molecule has 0 aliphatic heterocycles. The van der Waals surface area contributed by atoms with Crippen LogP contribution in [0.25, 0.3) is 6.08 Å². The van der Waals surface area contributed by atoms with Gasteiger partial charge in [-0.3, -0.25) is 9.59 Å². The van der Waals surface area contributed by atoms with Crippen molar-refractivity contribution in [3.05, 3.63) is 66.9 Å². The number of aryl methyl sites for hydroxylation is 2. The van der Waals surface area contributed by atoms with Gasteiger partial charge < -0.3 is 14.3 Å². The number of ether oxygens (including phenoxy) is 1. The van der Waals surface area contributed by atoms with Crippen molar-refractivity contribution in [3.8, 4) is 5.75 Å². The molecule has 184 valence electrons. The van der Waals surface area contributed by atoms with Gasteiger partial charge in [0.1, 0.15) is 17.1 Å². The van der Waals surface area contributed by atoms with Gasteiger partial charge in [-0.1, -0.05) is 32.4 Å². The first-order valence-electron chi connectivity index (χ1n) is 11.6. The third-order valence-electron chi connectivity index (χ3n) is 5.60. The molecule has 6 nitrogen and oxygen atoms in total. The number of Topliss-reactive ketones (excluding diaryl/α,β-unsaturated/α-hetero) is 1. The zero-order valence-electron chi connectivity index (χ0n) is 20.6. The van der Waals surface area contributed by atoms with E-state index in [1.165, 1.54) is 18.1 Å². The molecule has 2 aromatic rings. The maximum absolute atomic E-state index is 13.0. The molecule has 0 saturated carbocycles. The SMILES string of the molecule is CCCCc1cc(C)c(C=C(C)C(=O)c2c(O)cc(C(C)CCC=CCC(=O)OC)oc2=O)s1. The molecule has 0 aliphatic rings. The predicted octanol–water partition coefficient (Wildman–Crippen LogP) is 6.35. The number of allylic oxidation sites excluding steroid dienone is 2. The number of methoxy groups -OCH3 is 1. The van der Waals surface area contributed by atoms with Gasteiger partial charge in [0.05, 0.1) is 13.5 Å². The second-order valence-corrected chi connectivity index (χ2v) is 9.61. The molecule has 2 rings (SSSR count). The summed E-state index contributed by atoms with van der Waals surface area (Å²) in [6, 6.07) is 3.49. The Balaban J connectivity index is 2.13. The van der Waals surface area contributed by atoms with E-state index < -0.39 is 11.4 Å². The third kappa shape index (κ3) is 7.55. The van der Waals surface area contributed by atoms with Gasteiger partial charge in [-0.05, 0) is 62.8 Å². The highest BCUT2D eigenvalue weighted by molar-refractivity contribution is 7.13. The lowest BCUT2D eigenvalue weighted by molar-refractivity contribution is -0.139. The average Bonchev–Trinajstić information content (AvgIpc) is 3.15. The Bertz CT molecular complexity index is 1120. The van der Waals surface area contributed by atoms with Crippen molar-refractivity contribution in [2.75, 3.05) is 7.11 Å². The van der Waals surface area contributed by atoms with Crippen LogP contribution in [0.2, 0.25) is 0 Å². The summed E-state index contributed by atoms with van der Waals surface area (Å²) in [6.07, 6.45) is 10.1. The third-order valence-corrected chi connectivity index (χ3v) is 6.84. The van der Waals surface area contributed by atoms with E-state index in [9.17, 15) is 19.5 Å². The van der Waals surface area contributed by atoms with Gasteiger partial charge in [0.2, 0.25) is 0 Å². The Morgan fingerprint density at radius 3 is 2.65 bits per heavy atom. The van der Waals surface area contributed by atoms with Crippen LogP contribution in [0.4, 0.5) is 0 Å². The molecule has 1 unspecified atom stereocenters. The van der Waals surface area contributed by atoms with Gasteiger partial charge in [-0.2, -0.15) is 0 Å². The lowest BCUT2D eigenvalue weighted by atomic mass is 9.99. The Labute approximate surface area is 205 Å². The molecular weight excluding hydrogens is 452 g/mol. The van der Waals surface area contributed by atoms with Crippen molar-refractivity contribution in [3.63, 3.8) is 0 Å². The molecule has 2 heterocycles. The van der Waals surface area contributed by atoms with Crippen LogP contribution in [0.1, 0.15) is 90.2 Å². The van der Waals surface area contributed by atoms with Gasteiger partial charge in [0.15, 0.2) is 5.78 Å². The number of ketones is 1. The molecule has 2 aromatic heterocycles. The molecule has 0 aliphatic carbocycles. The summed E-state index contributed by atoms with van der Waals surface area (Å²) in [6.45, 7) is 7.67. The van der Waals surface area contributed by atoms with Gasteiger partial charge in [0.25, 0.3) is 0 Å². The van der Waals surface area contributed by atoms with Gasteiger partial charge >= 0.3 is 11.6 Å². The summed E-state index contributed by atoms with van der Waals surface area (Å²) in [5.74, 6) is -1.06. The van der Waals surface area contributed by atoms with Crippen LogP contribution in [-0.2, 0) is 16.0 Å². The fourth-order valence-electron chi connectivity index (χ4n) is 3.46. The molecule has 0 aromatic carbocycles. The zero-order valence-corrected chi connectivity index (χ0v) is 21.4. The Morgan fingerprint density at radius 2 is 2.00 bits per heavy atom. The van der Waals surface area contributed by atoms with E-state index in [0.717, 1.165) is 29.7 Å². The van der Waals surface area contributed by atoms with Crippen LogP contribution in [-0.4, -0.2) is 24.0 Å². The Hall–Kier alpha value is -2.93. The van der Waals surface area contributed by atoms with Crippen LogP contribution in [0.3, 0.4) is 0 Å². The minimum atomic E-state index is -0.840. The Morgan fingerprint density at radius 1 is 1.26 bits per heavy atom. The quantitative estimate of drug-likeness (QED) is 0.163. The topological polar surface area (TPSA) is 93.8 Å². The monoisotopic (exact) mass is 486 g/mol. The van der Waals surface area contributed by atoms with Crippen LogP contribution >= 0.6 is 11.3 Å². The molecule has 0 amide bonds. The molecule has 34 heavy (non-hydrogen) atoms. The molecule has 1 atom stereocenters. The van der Waals surface area contributed by atoms with Crippen molar-refractivity contribution in [2.24, 2.45) is 0 Å². The van der Waals surface area contributed by atoms with E-state index >= 15 is 0 Å². The Kier molecular flexibility index (Phi) is 10.5. The number of esters is 1. The van der Waals surface area contributed by atoms with E-state index in [-0.39, 0.29) is 29.6 Å². The normalized spacial score (nSPS) is 12.8. The summed E-state index contributed by atoms with van der Waals surface area (Å²) in [7, 11) is 1.34. The highest BCUT2D eigenvalue weighted by atomic mass is 32.1. The smallest absolute Gasteiger partial charge is 0.351 e. The standard InChI is InChI=1S/C27H34O6S/c1-6-7-12-20-14-18(3)23(34-20)15-19(4)26(30)25-21(28)16-22(33-27(25)31)17(2)11-9-8-10-13-24(29)32-5/h8,10,14-17,28H,6-7,9,11-13H2,1-5H3. The highest BCUT2D eigenvalue weighted by Gasteiger charge is 2.22. The fraction of sp³-hybridized carbons (Fsp3) is 0.444. The number of carbonyl (C=O) groups excluding carboxylic acids is 2. The second kappa shape index (κ2) is 13.1. The highest BCUT2D eigenvalue weighted by Crippen LogP contribution is 2.29. The molecule has 1 N–H and O–H groups in total.